The quantitative estimate of drug-likeness (QED) is 0.511. The highest BCUT2D eigenvalue weighted by atomic mass is 19.1. The molecule has 1 aliphatic carbocycles. The van der Waals surface area contributed by atoms with Crippen molar-refractivity contribution in [2.75, 3.05) is 32.8 Å². The van der Waals surface area contributed by atoms with Crippen LogP contribution in [0.15, 0.2) is 0 Å². The number of piperidine rings is 1. The summed E-state index contributed by atoms with van der Waals surface area (Å²) in [5, 5.41) is 13.7. The molecule has 4 rings (SSSR count). The molecule has 5 nitrogen and oxygen atoms in total. The second kappa shape index (κ2) is 10.3. The molecule has 6 unspecified atom stereocenters. The monoisotopic (exact) mass is 441 g/mol. The second-order valence-electron chi connectivity index (χ2n) is 11.4. The second-order valence-corrected chi connectivity index (χ2v) is 11.4. The molecule has 3 aliphatic heterocycles. The van der Waals surface area contributed by atoms with Gasteiger partial charge in [0.25, 0.3) is 0 Å². The normalized spacial score (nSPS) is 43.3. The van der Waals surface area contributed by atoms with Crippen LogP contribution in [0.2, 0.25) is 0 Å². The van der Waals surface area contributed by atoms with Crippen molar-refractivity contribution in [1.29, 1.82) is 0 Å². The molecule has 0 aromatic rings. The van der Waals surface area contributed by atoms with Crippen molar-refractivity contribution in [3.63, 3.8) is 0 Å². The zero-order valence-corrected chi connectivity index (χ0v) is 19.8. The molecule has 0 aromatic carbocycles. The van der Waals surface area contributed by atoms with E-state index in [9.17, 15) is 4.39 Å². The molecular weight excluding hydrogens is 396 g/mol. The first-order chi connectivity index (χ1) is 14.8. The lowest BCUT2D eigenvalue weighted by Gasteiger charge is -2.45. The zero-order valence-electron chi connectivity index (χ0n) is 19.8. The first kappa shape index (κ1) is 23.8. The molecular formula is C24H45F2N5. The summed E-state index contributed by atoms with van der Waals surface area (Å²) < 4.78 is 30.1. The molecule has 7 heteroatoms. The van der Waals surface area contributed by atoms with E-state index in [-0.39, 0.29) is 18.2 Å². The molecule has 4 fully saturated rings. The van der Waals surface area contributed by atoms with E-state index in [2.05, 4.69) is 33.1 Å². The van der Waals surface area contributed by atoms with Gasteiger partial charge in [0.2, 0.25) is 0 Å². The van der Waals surface area contributed by atoms with Gasteiger partial charge in [0.15, 0.2) is 6.17 Å². The van der Waals surface area contributed by atoms with Gasteiger partial charge in [0, 0.05) is 25.8 Å². The van der Waals surface area contributed by atoms with Crippen molar-refractivity contribution >= 4 is 0 Å². The minimum absolute atomic E-state index is 0.171. The molecule has 0 amide bonds. The van der Waals surface area contributed by atoms with Crippen molar-refractivity contribution in [2.24, 2.45) is 23.7 Å². The Balaban J connectivity index is 1.35. The lowest BCUT2D eigenvalue weighted by molar-refractivity contribution is -0.00795. The van der Waals surface area contributed by atoms with E-state index >= 15 is 4.39 Å². The third-order valence-electron chi connectivity index (χ3n) is 8.52. The maximum absolute atomic E-state index is 15.7. The number of hydrogen-bond donors (Lipinski definition) is 4. The minimum atomic E-state index is -1.08. The molecule has 180 valence electrons. The Morgan fingerprint density at radius 3 is 2.55 bits per heavy atom. The average molecular weight is 442 g/mol. The number of nitrogens with one attached hydrogen (secondary N) is 4. The van der Waals surface area contributed by atoms with Crippen LogP contribution in [0.5, 0.6) is 0 Å². The number of likely N-dealkylation sites (tertiary alicyclic amines) is 1. The smallest absolute Gasteiger partial charge is 0.157 e. The van der Waals surface area contributed by atoms with Gasteiger partial charge < -0.3 is 5.32 Å². The summed E-state index contributed by atoms with van der Waals surface area (Å²) in [6, 6.07) is 0.413. The molecule has 6 atom stereocenters. The van der Waals surface area contributed by atoms with Crippen LogP contribution in [0, 0.1) is 23.7 Å². The lowest BCUT2D eigenvalue weighted by atomic mass is 9.73. The summed E-state index contributed by atoms with van der Waals surface area (Å²) in [5.41, 5.74) is -1.08. The van der Waals surface area contributed by atoms with Crippen molar-refractivity contribution in [1.82, 2.24) is 26.2 Å². The van der Waals surface area contributed by atoms with E-state index in [1.807, 2.05) is 0 Å². The number of hydrogen-bond acceptors (Lipinski definition) is 5. The van der Waals surface area contributed by atoms with Crippen LogP contribution < -0.4 is 21.3 Å². The first-order valence-corrected chi connectivity index (χ1v) is 12.8. The summed E-state index contributed by atoms with van der Waals surface area (Å²) in [4.78, 5) is 2.43. The highest BCUT2D eigenvalue weighted by molar-refractivity contribution is 4.99. The van der Waals surface area contributed by atoms with Crippen molar-refractivity contribution < 1.29 is 8.78 Å². The molecule has 0 radical (unpaired) electrons. The largest absolute Gasteiger partial charge is 0.316 e. The van der Waals surface area contributed by atoms with Gasteiger partial charge in [-0.25, -0.2) is 8.78 Å². The van der Waals surface area contributed by atoms with Gasteiger partial charge in [-0.15, -0.1) is 0 Å². The number of halogens is 2. The summed E-state index contributed by atoms with van der Waals surface area (Å²) in [7, 11) is 0. The third-order valence-corrected chi connectivity index (χ3v) is 8.52. The Labute approximate surface area is 187 Å². The topological polar surface area (TPSA) is 51.4 Å². The van der Waals surface area contributed by atoms with Crippen molar-refractivity contribution in [3.05, 3.63) is 0 Å². The Kier molecular flexibility index (Phi) is 7.90. The van der Waals surface area contributed by atoms with Crippen LogP contribution in [0.4, 0.5) is 8.78 Å². The fraction of sp³-hybridized carbons (Fsp3) is 1.00. The molecule has 4 N–H and O–H groups in total. The summed E-state index contributed by atoms with van der Waals surface area (Å²) in [6.45, 7) is 10.3. The van der Waals surface area contributed by atoms with Crippen molar-refractivity contribution in [2.45, 2.75) is 95.9 Å². The SMILES string of the molecule is CC1CC(C2CCC(C(C)(C)F)CC2)N(C2NCNC(NCC3CCCNC3)C2F)C1. The number of nitrogens with zero attached hydrogens (tertiary/aromatic N) is 1. The first-order valence-electron chi connectivity index (χ1n) is 12.8. The standard InChI is InChI=1S/C24H45F2N5/c1-16-11-20(18-6-8-19(9-7-18)24(2,3)26)31(14-16)23-21(25)22(29-15-30-23)28-13-17-5-4-10-27-12-17/h16-23,27-30H,4-15H2,1-3H3. The highest BCUT2D eigenvalue weighted by Gasteiger charge is 2.46. The van der Waals surface area contributed by atoms with Gasteiger partial charge in [0.05, 0.1) is 12.3 Å². The van der Waals surface area contributed by atoms with Gasteiger partial charge in [-0.1, -0.05) is 6.92 Å². The Bertz CT molecular complexity index is 557. The van der Waals surface area contributed by atoms with Gasteiger partial charge in [-0.2, -0.15) is 0 Å². The maximum Gasteiger partial charge on any atom is 0.157 e. The molecule has 1 saturated carbocycles. The Morgan fingerprint density at radius 2 is 1.87 bits per heavy atom. The molecule has 4 aliphatic rings. The van der Waals surface area contributed by atoms with Gasteiger partial charge in [-0.05, 0) is 95.6 Å². The van der Waals surface area contributed by atoms with Crippen LogP contribution in [0.3, 0.4) is 0 Å². The predicted octanol–water partition coefficient (Wildman–Crippen LogP) is 2.98. The summed E-state index contributed by atoms with van der Waals surface area (Å²) in [6.07, 6.45) is 6.11. The van der Waals surface area contributed by atoms with Crippen LogP contribution in [0.25, 0.3) is 0 Å². The predicted molar refractivity (Wildman–Crippen MR) is 122 cm³/mol. The molecule has 3 saturated heterocycles. The number of rotatable bonds is 6. The summed E-state index contributed by atoms with van der Waals surface area (Å²) in [5.74, 6) is 1.91. The molecule has 0 bridgehead atoms. The van der Waals surface area contributed by atoms with Gasteiger partial charge >= 0.3 is 0 Å². The molecule has 0 spiro atoms. The molecule has 3 heterocycles. The molecule has 0 aromatic heterocycles. The molecule has 31 heavy (non-hydrogen) atoms. The number of alkyl halides is 2. The van der Waals surface area contributed by atoms with Crippen LogP contribution in [-0.2, 0) is 0 Å². The summed E-state index contributed by atoms with van der Waals surface area (Å²) >= 11 is 0. The van der Waals surface area contributed by atoms with Crippen LogP contribution >= 0.6 is 0 Å². The van der Waals surface area contributed by atoms with Crippen LogP contribution in [-0.4, -0.2) is 68.0 Å². The highest BCUT2D eigenvalue weighted by Crippen LogP contribution is 2.43. The Hall–Kier alpha value is -0.340. The van der Waals surface area contributed by atoms with E-state index < -0.39 is 11.8 Å². The Morgan fingerprint density at radius 1 is 1.10 bits per heavy atom. The van der Waals surface area contributed by atoms with E-state index in [0.717, 1.165) is 58.3 Å². The fourth-order valence-electron chi connectivity index (χ4n) is 6.65. The van der Waals surface area contributed by atoms with E-state index in [1.54, 1.807) is 13.8 Å². The lowest BCUT2D eigenvalue weighted by Crippen LogP contribution is -2.69. The third kappa shape index (κ3) is 5.78. The van der Waals surface area contributed by atoms with Crippen LogP contribution in [0.1, 0.15) is 65.7 Å². The van der Waals surface area contributed by atoms with Gasteiger partial charge in [-0.3, -0.25) is 20.9 Å². The van der Waals surface area contributed by atoms with E-state index in [4.69, 9.17) is 0 Å². The zero-order chi connectivity index (χ0) is 22.0. The minimum Gasteiger partial charge on any atom is -0.316 e. The maximum atomic E-state index is 15.7. The fourth-order valence-corrected chi connectivity index (χ4v) is 6.65. The van der Waals surface area contributed by atoms with E-state index in [0.29, 0.717) is 30.5 Å². The average Bonchev–Trinajstić information content (AvgIpc) is 3.14. The van der Waals surface area contributed by atoms with E-state index in [1.165, 1.54) is 12.8 Å². The van der Waals surface area contributed by atoms with Gasteiger partial charge in [0.1, 0.15) is 5.67 Å². The van der Waals surface area contributed by atoms with Crippen molar-refractivity contribution in [3.8, 4) is 0 Å².